The van der Waals surface area contributed by atoms with E-state index in [4.69, 9.17) is 34.4 Å². The van der Waals surface area contributed by atoms with E-state index < -0.39 is 30.8 Å². The van der Waals surface area contributed by atoms with Crippen molar-refractivity contribution in [3.05, 3.63) is 76.4 Å². The fraction of sp³-hybridized carbons (Fsp3) is 0.593. The summed E-state index contributed by atoms with van der Waals surface area (Å²) < 4.78 is 41.8. The van der Waals surface area contributed by atoms with Crippen molar-refractivity contribution in [2.75, 3.05) is 78.8 Å². The Morgan fingerprint density at radius 1 is 0.662 bits per heavy atom. The number of ether oxygens (including phenoxy) is 2. The number of pyridine rings is 2. The standard InChI is InChI=1S/C54H63F2N14O4/c1-34-26-67(49(71)53(28-55)15-7-19-73-53)36(3)24-65(34)46-44-48(64-33-62-46)70(31-52(44)13-6-14-52)41-21-39(10-18-59-41)23-60-42-8-16-54(29-56,74-42)50(72)68-27-35(2)66(25-37(68)4)45-43-47(63-32-61-45)69(30-51(43)11-5-12-51)40-20-38(22-57)9-17-58-40/h9-10,17-18,20-21,32-37,42H,5-8,11-16,19,24-31H2,1-4H3/q+1/t34-,35-,36+,37+,42?,53-,54+/m0/s1. The number of rotatable bonds is 8. The van der Waals surface area contributed by atoms with Crippen molar-refractivity contribution in [2.45, 2.75) is 144 Å². The molecule has 6 aliphatic heterocycles. The maximum atomic E-state index is 15.4. The molecule has 2 aliphatic carbocycles. The lowest BCUT2D eigenvalue weighted by Gasteiger charge is -2.48. The molecular formula is C54H63F2N14O4+. The Morgan fingerprint density at radius 3 is 1.66 bits per heavy atom. The molecule has 2 saturated carbocycles. The summed E-state index contributed by atoms with van der Waals surface area (Å²) in [5, 5.41) is 9.62. The number of carbonyl (C=O) groups is 2. The van der Waals surface area contributed by atoms with Crippen LogP contribution in [0.5, 0.6) is 0 Å². The normalized spacial score (nSPS) is 29.4. The quantitative estimate of drug-likeness (QED) is 0.183. The zero-order valence-corrected chi connectivity index (χ0v) is 42.6. The minimum Gasteiger partial charge on any atom is -0.362 e. The summed E-state index contributed by atoms with van der Waals surface area (Å²) in [6.45, 7) is 9.95. The van der Waals surface area contributed by atoms with Crippen molar-refractivity contribution >= 4 is 46.7 Å². The topological polar surface area (TPSA) is 178 Å². The van der Waals surface area contributed by atoms with E-state index in [0.717, 1.165) is 72.9 Å². The van der Waals surface area contributed by atoms with Crippen molar-refractivity contribution in [1.29, 1.82) is 5.26 Å². The van der Waals surface area contributed by atoms with Crippen molar-refractivity contribution in [1.82, 2.24) is 39.7 Å². The van der Waals surface area contributed by atoms with Gasteiger partial charge in [0.2, 0.25) is 0 Å². The SMILES string of the molecule is C[C@@H]1CN(c2ncnc3c2C2(CCC2)CN3c2cc(C#[N+]C3CC[C@@](CF)(C(=O)N4C[C@H](C)N(c5ncnc6c5C5(CCC5)CN6c5cc(C#N)ccn5)C[C@H]4C)O3)ccn2)[C@@H](C)CN1C(=O)[C@@]1(CF)CCCO1. The second-order valence-corrected chi connectivity index (χ2v) is 22.3. The van der Waals surface area contributed by atoms with Gasteiger partial charge in [-0.3, -0.25) is 14.3 Å². The molecule has 7 atom stereocenters. The van der Waals surface area contributed by atoms with Gasteiger partial charge in [-0.1, -0.05) is 12.8 Å². The molecule has 4 saturated heterocycles. The van der Waals surface area contributed by atoms with Crippen LogP contribution in [0.3, 0.4) is 0 Å². The molecule has 0 radical (unpaired) electrons. The zero-order valence-electron chi connectivity index (χ0n) is 42.6. The number of nitriles is 1. The average Bonchev–Trinajstić information content (AvgIpc) is 4.23. The predicted molar refractivity (Wildman–Crippen MR) is 271 cm³/mol. The molecule has 20 heteroatoms. The van der Waals surface area contributed by atoms with Gasteiger partial charge in [0.1, 0.15) is 66.5 Å². The Kier molecular flexibility index (Phi) is 12.0. The summed E-state index contributed by atoms with van der Waals surface area (Å²) in [6, 6.07) is 11.9. The fourth-order valence-corrected chi connectivity index (χ4v) is 13.4. The second kappa shape index (κ2) is 18.3. The number of fused-ring (bicyclic) bond motifs is 4. The van der Waals surface area contributed by atoms with Crippen LogP contribution in [-0.4, -0.2) is 152 Å². The van der Waals surface area contributed by atoms with Crippen LogP contribution in [-0.2, 0) is 29.9 Å². The Morgan fingerprint density at radius 2 is 1.18 bits per heavy atom. The largest absolute Gasteiger partial charge is 0.378 e. The second-order valence-electron chi connectivity index (χ2n) is 22.3. The Labute approximate surface area is 429 Å². The summed E-state index contributed by atoms with van der Waals surface area (Å²) in [4.78, 5) is 74.3. The van der Waals surface area contributed by atoms with Gasteiger partial charge in [-0.15, -0.1) is 0 Å². The van der Waals surface area contributed by atoms with E-state index in [0.29, 0.717) is 87.9 Å². The highest BCUT2D eigenvalue weighted by Gasteiger charge is 2.57. The first-order valence-corrected chi connectivity index (χ1v) is 26.5. The number of amides is 2. The first-order valence-electron chi connectivity index (χ1n) is 26.5. The Hall–Kier alpha value is -6.64. The number of nitrogens with zero attached hydrogens (tertiary/aromatic N) is 14. The maximum absolute atomic E-state index is 15.4. The molecular weight excluding hydrogens is 947 g/mol. The van der Waals surface area contributed by atoms with Gasteiger partial charge in [-0.2, -0.15) is 5.26 Å². The molecule has 2 spiro atoms. The summed E-state index contributed by atoms with van der Waals surface area (Å²) in [6.07, 6.45) is 13.5. The van der Waals surface area contributed by atoms with Gasteiger partial charge in [0.05, 0.1) is 18.1 Å². The minimum absolute atomic E-state index is 0.0872. The van der Waals surface area contributed by atoms with E-state index in [-0.39, 0.29) is 53.2 Å². The number of piperazine rings is 2. The molecule has 10 heterocycles. The van der Waals surface area contributed by atoms with Crippen molar-refractivity contribution in [2.24, 2.45) is 0 Å². The third kappa shape index (κ3) is 7.63. The molecule has 386 valence electrons. The molecule has 1 unspecified atom stereocenters. The number of anilines is 6. The maximum Gasteiger partial charge on any atom is 0.378 e. The van der Waals surface area contributed by atoms with Gasteiger partial charge in [0, 0.05) is 110 Å². The Balaban J connectivity index is 0.736. The third-order valence-electron chi connectivity index (χ3n) is 17.7. The smallest absolute Gasteiger partial charge is 0.362 e. The van der Waals surface area contributed by atoms with Crippen LogP contribution in [0.25, 0.3) is 4.85 Å². The van der Waals surface area contributed by atoms with Crippen LogP contribution in [0.2, 0.25) is 0 Å². The monoisotopic (exact) mass is 1010 g/mol. The summed E-state index contributed by atoms with van der Waals surface area (Å²) >= 11 is 0. The molecule has 6 fully saturated rings. The van der Waals surface area contributed by atoms with E-state index in [2.05, 4.69) is 55.4 Å². The van der Waals surface area contributed by atoms with Crippen LogP contribution in [0.1, 0.15) is 114 Å². The van der Waals surface area contributed by atoms with Crippen LogP contribution in [0.15, 0.2) is 49.3 Å². The van der Waals surface area contributed by atoms with Crippen LogP contribution >= 0.6 is 0 Å². The zero-order chi connectivity index (χ0) is 51.1. The van der Waals surface area contributed by atoms with Crippen molar-refractivity contribution in [3.63, 3.8) is 0 Å². The fourth-order valence-electron chi connectivity index (χ4n) is 13.4. The number of hydrogen-bond donors (Lipinski definition) is 0. The molecule has 8 aliphatic rings. The molecule has 0 bridgehead atoms. The van der Waals surface area contributed by atoms with E-state index in [1.807, 2.05) is 26.0 Å². The van der Waals surface area contributed by atoms with Gasteiger partial charge in [-0.25, -0.2) is 38.7 Å². The van der Waals surface area contributed by atoms with Gasteiger partial charge in [0.15, 0.2) is 11.2 Å². The summed E-state index contributed by atoms with van der Waals surface area (Å²) in [5.41, 5.74) is 0.0127. The molecule has 18 nitrogen and oxygen atoms in total. The highest BCUT2D eigenvalue weighted by molar-refractivity contribution is 5.87. The lowest BCUT2D eigenvalue weighted by Crippen LogP contribution is -2.63. The van der Waals surface area contributed by atoms with E-state index in [1.54, 1.807) is 47.0 Å². The molecule has 12 rings (SSSR count). The number of halogens is 2. The van der Waals surface area contributed by atoms with Gasteiger partial charge in [0.25, 0.3) is 11.8 Å². The summed E-state index contributed by atoms with van der Waals surface area (Å²) in [5.74, 6) is 4.05. The van der Waals surface area contributed by atoms with Gasteiger partial charge in [-0.05, 0) is 95.7 Å². The molecule has 0 N–H and O–H groups in total. The number of alkyl halides is 2. The molecule has 4 aromatic heterocycles. The highest BCUT2D eigenvalue weighted by Crippen LogP contribution is 2.58. The lowest BCUT2D eigenvalue weighted by atomic mass is 9.66. The van der Waals surface area contributed by atoms with E-state index in [1.165, 1.54) is 0 Å². The van der Waals surface area contributed by atoms with Crippen LogP contribution in [0, 0.1) is 17.4 Å². The molecule has 2 amide bonds. The minimum atomic E-state index is -1.67. The van der Waals surface area contributed by atoms with Crippen LogP contribution < -0.4 is 19.6 Å². The summed E-state index contributed by atoms with van der Waals surface area (Å²) in [7, 11) is 0. The van der Waals surface area contributed by atoms with E-state index >= 15 is 4.39 Å². The average molecular weight is 1010 g/mol. The molecule has 4 aromatic rings. The third-order valence-corrected chi connectivity index (χ3v) is 17.7. The lowest BCUT2D eigenvalue weighted by molar-refractivity contribution is -0.160. The molecule has 0 aromatic carbocycles. The van der Waals surface area contributed by atoms with Crippen LogP contribution in [0.4, 0.5) is 43.7 Å². The van der Waals surface area contributed by atoms with Gasteiger partial charge < -0.3 is 34.1 Å². The Bertz CT molecular complexity index is 2990. The predicted octanol–water partition coefficient (Wildman–Crippen LogP) is 6.67. The van der Waals surface area contributed by atoms with E-state index in [9.17, 15) is 19.2 Å². The molecule has 74 heavy (non-hydrogen) atoms. The number of hydrogen-bond acceptors (Lipinski definition) is 15. The first kappa shape index (κ1) is 48.3. The first-order chi connectivity index (χ1) is 35.8. The highest BCUT2D eigenvalue weighted by atomic mass is 19.1. The number of aromatic nitrogens is 6. The van der Waals surface area contributed by atoms with Gasteiger partial charge >= 0.3 is 12.3 Å². The number of carbonyl (C=O) groups excluding carboxylic acids is 2. The van der Waals surface area contributed by atoms with Crippen molar-refractivity contribution < 1.29 is 27.8 Å². The van der Waals surface area contributed by atoms with Crippen molar-refractivity contribution in [3.8, 4) is 12.1 Å².